The van der Waals surface area contributed by atoms with Gasteiger partial charge in [0.25, 0.3) is 0 Å². The monoisotopic (exact) mass is 162 g/mol. The highest BCUT2D eigenvalue weighted by atomic mass is 14.9. The van der Waals surface area contributed by atoms with E-state index in [2.05, 4.69) is 23.8 Å². The third-order valence-corrected chi connectivity index (χ3v) is 1.74. The van der Waals surface area contributed by atoms with Crippen molar-refractivity contribution in [2.45, 2.75) is 26.2 Å². The Morgan fingerprint density at radius 3 is 2.58 bits per heavy atom. The molecule has 1 heterocycles. The summed E-state index contributed by atoms with van der Waals surface area (Å²) < 4.78 is 2.07. The molecule has 0 N–H and O–H groups in total. The van der Waals surface area contributed by atoms with Gasteiger partial charge >= 0.3 is 0 Å². The highest BCUT2D eigenvalue weighted by molar-refractivity contribution is 5.06. The van der Waals surface area contributed by atoms with Crippen LogP contribution in [0.4, 0.5) is 0 Å². The zero-order valence-electron chi connectivity index (χ0n) is 7.61. The molecule has 0 aliphatic carbocycles. The molecule has 0 spiro atoms. The van der Waals surface area contributed by atoms with Crippen LogP contribution in [0.5, 0.6) is 0 Å². The molecule has 12 heavy (non-hydrogen) atoms. The summed E-state index contributed by atoms with van der Waals surface area (Å²) in [5.74, 6) is 0. The lowest BCUT2D eigenvalue weighted by molar-refractivity contribution is -0.568. The molecule has 0 fully saturated rings. The lowest BCUT2D eigenvalue weighted by atomic mass is 10.2. The van der Waals surface area contributed by atoms with Crippen LogP contribution in [0.1, 0.15) is 26.2 Å². The highest BCUT2D eigenvalue weighted by Crippen LogP contribution is 1.93. The maximum absolute atomic E-state index is 2.21. The van der Waals surface area contributed by atoms with Crippen molar-refractivity contribution in [2.75, 3.05) is 0 Å². The Balaban J connectivity index is 2.36. The van der Waals surface area contributed by atoms with Crippen LogP contribution in [-0.4, -0.2) is 0 Å². The van der Waals surface area contributed by atoms with Crippen LogP contribution in [-0.2, 0) is 0 Å². The molecule has 0 atom stereocenters. The van der Waals surface area contributed by atoms with E-state index in [0.29, 0.717) is 0 Å². The molecule has 1 heteroatoms. The van der Waals surface area contributed by atoms with Crippen LogP contribution in [0.25, 0.3) is 6.20 Å². The second-order valence-corrected chi connectivity index (χ2v) is 2.85. The molecule has 1 aromatic heterocycles. The topological polar surface area (TPSA) is 3.88 Å². The van der Waals surface area contributed by atoms with E-state index in [-0.39, 0.29) is 0 Å². The van der Waals surface area contributed by atoms with Gasteiger partial charge in [-0.1, -0.05) is 19.4 Å². The Bertz CT molecular complexity index is 226. The van der Waals surface area contributed by atoms with E-state index in [0.717, 1.165) is 0 Å². The quantitative estimate of drug-likeness (QED) is 0.473. The van der Waals surface area contributed by atoms with Crippen LogP contribution in [0.2, 0.25) is 0 Å². The van der Waals surface area contributed by atoms with E-state index in [1.165, 1.54) is 19.3 Å². The normalized spacial score (nSPS) is 10.8. The second kappa shape index (κ2) is 5.53. The number of rotatable bonds is 4. The lowest BCUT2D eigenvalue weighted by Gasteiger charge is -1.86. The number of pyridine rings is 1. The zero-order valence-corrected chi connectivity index (χ0v) is 7.61. The predicted octanol–water partition coefficient (Wildman–Crippen LogP) is 2.64. The minimum absolute atomic E-state index is 1.18. The predicted molar refractivity (Wildman–Crippen MR) is 51.5 cm³/mol. The molecule has 0 bridgehead atoms. The van der Waals surface area contributed by atoms with Crippen molar-refractivity contribution >= 4 is 6.20 Å². The fourth-order valence-corrected chi connectivity index (χ4v) is 1.03. The lowest BCUT2D eigenvalue weighted by Crippen LogP contribution is -2.23. The first-order chi connectivity index (χ1) is 5.93. The van der Waals surface area contributed by atoms with Crippen LogP contribution < -0.4 is 4.57 Å². The summed E-state index contributed by atoms with van der Waals surface area (Å²) in [4.78, 5) is 0. The van der Waals surface area contributed by atoms with E-state index < -0.39 is 0 Å². The average Bonchev–Trinajstić information content (AvgIpc) is 2.14. The third kappa shape index (κ3) is 3.33. The molecule has 0 radical (unpaired) electrons. The van der Waals surface area contributed by atoms with Crippen LogP contribution in [0.15, 0.2) is 36.7 Å². The van der Waals surface area contributed by atoms with E-state index in [4.69, 9.17) is 0 Å². The van der Waals surface area contributed by atoms with Gasteiger partial charge in [0, 0.05) is 12.1 Å². The van der Waals surface area contributed by atoms with Crippen LogP contribution in [0, 0.1) is 0 Å². The number of hydrogen-bond donors (Lipinski definition) is 0. The fraction of sp³-hybridized carbons (Fsp3) is 0.364. The molecule has 0 unspecified atom stereocenters. The van der Waals surface area contributed by atoms with Crippen molar-refractivity contribution in [2.24, 2.45) is 0 Å². The summed E-state index contributed by atoms with van der Waals surface area (Å²) in [6.07, 6.45) is 12.1. The van der Waals surface area contributed by atoms with E-state index in [1.807, 2.05) is 30.6 Å². The first kappa shape index (κ1) is 8.98. The molecule has 0 aliphatic rings. The maximum Gasteiger partial charge on any atom is 0.174 e. The van der Waals surface area contributed by atoms with E-state index in [1.54, 1.807) is 0 Å². The van der Waals surface area contributed by atoms with Crippen LogP contribution >= 0.6 is 0 Å². The van der Waals surface area contributed by atoms with Gasteiger partial charge in [-0.25, -0.2) is 0 Å². The Morgan fingerprint density at radius 1 is 1.17 bits per heavy atom. The van der Waals surface area contributed by atoms with Crippen molar-refractivity contribution in [3.63, 3.8) is 0 Å². The van der Waals surface area contributed by atoms with Crippen molar-refractivity contribution in [1.29, 1.82) is 0 Å². The summed E-state index contributed by atoms with van der Waals surface area (Å²) in [5, 5.41) is 0. The summed E-state index contributed by atoms with van der Waals surface area (Å²) in [5.41, 5.74) is 0. The smallest absolute Gasteiger partial charge is 0.174 e. The van der Waals surface area contributed by atoms with E-state index >= 15 is 0 Å². The Morgan fingerprint density at radius 2 is 1.92 bits per heavy atom. The molecule has 0 aliphatic heterocycles. The zero-order chi connectivity index (χ0) is 8.65. The Kier molecular flexibility index (Phi) is 4.14. The van der Waals surface area contributed by atoms with E-state index in [9.17, 15) is 0 Å². The first-order valence-electron chi connectivity index (χ1n) is 4.56. The summed E-state index contributed by atoms with van der Waals surface area (Å²) in [6.45, 7) is 2.21. The number of unbranched alkanes of at least 4 members (excludes halogenated alkanes) is 2. The fourth-order valence-electron chi connectivity index (χ4n) is 1.03. The van der Waals surface area contributed by atoms with Gasteiger partial charge in [-0.05, 0) is 18.9 Å². The Labute approximate surface area is 74.4 Å². The number of aromatic nitrogens is 1. The van der Waals surface area contributed by atoms with Gasteiger partial charge in [0.15, 0.2) is 18.6 Å². The third-order valence-electron chi connectivity index (χ3n) is 1.74. The summed E-state index contributed by atoms with van der Waals surface area (Å²) in [6, 6.07) is 6.09. The minimum Gasteiger partial charge on any atom is -0.174 e. The molecule has 0 saturated carbocycles. The van der Waals surface area contributed by atoms with Gasteiger partial charge in [0.1, 0.15) is 0 Å². The van der Waals surface area contributed by atoms with Gasteiger partial charge in [-0.15, -0.1) is 0 Å². The van der Waals surface area contributed by atoms with Crippen molar-refractivity contribution in [1.82, 2.24) is 0 Å². The average molecular weight is 162 g/mol. The highest BCUT2D eigenvalue weighted by Gasteiger charge is 1.87. The molecule has 1 nitrogen and oxygen atoms in total. The number of allylic oxidation sites excluding steroid dienone is 1. The molecule has 64 valence electrons. The second-order valence-electron chi connectivity index (χ2n) is 2.85. The van der Waals surface area contributed by atoms with Crippen LogP contribution in [0.3, 0.4) is 0 Å². The van der Waals surface area contributed by atoms with Gasteiger partial charge in [0.05, 0.1) is 0 Å². The van der Waals surface area contributed by atoms with Crippen molar-refractivity contribution < 1.29 is 4.57 Å². The summed E-state index contributed by atoms with van der Waals surface area (Å²) >= 11 is 0. The van der Waals surface area contributed by atoms with Gasteiger partial charge in [-0.2, -0.15) is 4.57 Å². The first-order valence-corrected chi connectivity index (χ1v) is 4.56. The Hall–Kier alpha value is -1.11. The number of hydrogen-bond acceptors (Lipinski definition) is 0. The standard InChI is InChI=1S/C11H16N/c1-2-3-4-6-9-12-10-7-5-8-11-12/h5-11H,2-4H2,1H3/q+1. The largest absolute Gasteiger partial charge is 0.174 e. The molecular formula is C11H16N+. The number of nitrogens with zero attached hydrogens (tertiary/aromatic N) is 1. The van der Waals surface area contributed by atoms with Gasteiger partial charge < -0.3 is 0 Å². The molecule has 1 rings (SSSR count). The van der Waals surface area contributed by atoms with Crippen molar-refractivity contribution in [3.05, 3.63) is 36.7 Å². The molecular weight excluding hydrogens is 146 g/mol. The van der Waals surface area contributed by atoms with Crippen molar-refractivity contribution in [3.8, 4) is 0 Å². The molecule has 0 saturated heterocycles. The van der Waals surface area contributed by atoms with Gasteiger partial charge in [0.2, 0.25) is 0 Å². The maximum atomic E-state index is 2.21. The molecule has 0 amide bonds. The SMILES string of the molecule is CCCCC=C[n+]1ccccc1. The van der Waals surface area contributed by atoms with Gasteiger partial charge in [-0.3, -0.25) is 0 Å². The summed E-state index contributed by atoms with van der Waals surface area (Å²) in [7, 11) is 0. The molecule has 0 aromatic carbocycles. The molecule has 1 aromatic rings. The minimum atomic E-state index is 1.18.